The summed E-state index contributed by atoms with van der Waals surface area (Å²) in [6, 6.07) is 1.95. The molecule has 5 nitrogen and oxygen atoms in total. The second-order valence-corrected chi connectivity index (χ2v) is 6.13. The molecule has 0 atom stereocenters. The third kappa shape index (κ3) is 1.87. The molecule has 0 aliphatic heterocycles. The summed E-state index contributed by atoms with van der Waals surface area (Å²) >= 11 is 1.50. The maximum atomic E-state index is 12.4. The topological polar surface area (TPSA) is 60.9 Å². The molecule has 0 radical (unpaired) electrons. The fraction of sp³-hybridized carbons (Fsp3) is 0.357. The average molecular weight is 287 g/mol. The first kappa shape index (κ1) is 11.8. The summed E-state index contributed by atoms with van der Waals surface area (Å²) < 4.78 is 6.90. The number of aryl methyl sites for hydroxylation is 1. The molecule has 0 unspecified atom stereocenters. The minimum Gasteiger partial charge on any atom is -0.359 e. The molecule has 0 bridgehead atoms. The van der Waals surface area contributed by atoms with E-state index in [-0.39, 0.29) is 5.56 Å². The summed E-state index contributed by atoms with van der Waals surface area (Å²) in [5, 5.41) is 6.73. The lowest BCUT2D eigenvalue weighted by atomic mass is 10.2. The van der Waals surface area contributed by atoms with Gasteiger partial charge < -0.3 is 4.52 Å². The highest BCUT2D eigenvalue weighted by atomic mass is 32.1. The summed E-state index contributed by atoms with van der Waals surface area (Å²) in [6.07, 6.45) is 3.96. The van der Waals surface area contributed by atoms with E-state index in [2.05, 4.69) is 10.1 Å². The smallest absolute Gasteiger partial charge is 0.262 e. The van der Waals surface area contributed by atoms with Gasteiger partial charge in [-0.25, -0.2) is 4.98 Å². The maximum absolute atomic E-state index is 12.4. The van der Waals surface area contributed by atoms with Gasteiger partial charge in [0.05, 0.1) is 24.0 Å². The molecule has 0 amide bonds. The molecular weight excluding hydrogens is 274 g/mol. The van der Waals surface area contributed by atoms with Crippen molar-refractivity contribution in [2.45, 2.75) is 32.2 Å². The molecule has 0 spiro atoms. The predicted octanol–water partition coefficient (Wildman–Crippen LogP) is 2.68. The monoisotopic (exact) mass is 287 g/mol. The Bertz CT molecular complexity index is 842. The average Bonchev–Trinajstić information content (AvgIpc) is 3.07. The van der Waals surface area contributed by atoms with Crippen molar-refractivity contribution in [1.29, 1.82) is 0 Å². The third-order valence-electron chi connectivity index (χ3n) is 3.64. The lowest BCUT2D eigenvalue weighted by molar-refractivity contribution is 0.369. The summed E-state index contributed by atoms with van der Waals surface area (Å²) in [5.41, 5.74) is 1.97. The number of hydrogen-bond donors (Lipinski definition) is 0. The molecule has 20 heavy (non-hydrogen) atoms. The lowest BCUT2D eigenvalue weighted by Gasteiger charge is -2.02. The second kappa shape index (κ2) is 4.28. The normalized spacial score (nSPS) is 15.1. The van der Waals surface area contributed by atoms with Crippen molar-refractivity contribution < 1.29 is 4.52 Å². The van der Waals surface area contributed by atoms with E-state index >= 15 is 0 Å². The van der Waals surface area contributed by atoms with Crippen LogP contribution in [-0.2, 0) is 6.54 Å². The number of thiophene rings is 1. The van der Waals surface area contributed by atoms with Crippen molar-refractivity contribution in [3.63, 3.8) is 0 Å². The predicted molar refractivity (Wildman–Crippen MR) is 76.2 cm³/mol. The first-order valence-corrected chi connectivity index (χ1v) is 7.49. The lowest BCUT2D eigenvalue weighted by Crippen LogP contribution is -2.20. The van der Waals surface area contributed by atoms with Crippen LogP contribution in [-0.4, -0.2) is 14.7 Å². The summed E-state index contributed by atoms with van der Waals surface area (Å²) in [7, 11) is 0. The second-order valence-electron chi connectivity index (χ2n) is 5.27. The van der Waals surface area contributed by atoms with E-state index < -0.39 is 0 Å². The van der Waals surface area contributed by atoms with Crippen molar-refractivity contribution >= 4 is 21.6 Å². The Morgan fingerprint density at radius 1 is 1.50 bits per heavy atom. The highest BCUT2D eigenvalue weighted by Crippen LogP contribution is 2.39. The van der Waals surface area contributed by atoms with Crippen LogP contribution in [0.2, 0.25) is 0 Å². The van der Waals surface area contributed by atoms with Crippen LogP contribution in [0.3, 0.4) is 0 Å². The largest absolute Gasteiger partial charge is 0.359 e. The molecule has 1 saturated carbocycles. The molecular formula is C14H13N3O2S. The minimum atomic E-state index is -0.0156. The van der Waals surface area contributed by atoms with E-state index in [1.54, 1.807) is 10.9 Å². The van der Waals surface area contributed by atoms with Gasteiger partial charge in [0.15, 0.2) is 5.76 Å². The van der Waals surface area contributed by atoms with Crippen molar-refractivity contribution in [3.8, 4) is 0 Å². The minimum absolute atomic E-state index is 0.0156. The number of hydrogen-bond acceptors (Lipinski definition) is 5. The Balaban J connectivity index is 1.72. The zero-order valence-electron chi connectivity index (χ0n) is 11.0. The van der Waals surface area contributed by atoms with E-state index in [1.165, 1.54) is 24.2 Å². The summed E-state index contributed by atoms with van der Waals surface area (Å²) in [5.74, 6) is 1.27. The van der Waals surface area contributed by atoms with Gasteiger partial charge in [0.2, 0.25) is 0 Å². The van der Waals surface area contributed by atoms with Gasteiger partial charge in [0.25, 0.3) is 5.56 Å². The zero-order valence-corrected chi connectivity index (χ0v) is 11.8. The van der Waals surface area contributed by atoms with Gasteiger partial charge >= 0.3 is 0 Å². The van der Waals surface area contributed by atoms with Crippen LogP contribution >= 0.6 is 11.3 Å². The Labute approximate surface area is 118 Å². The molecule has 3 heterocycles. The van der Waals surface area contributed by atoms with E-state index in [4.69, 9.17) is 4.52 Å². The Kier molecular flexibility index (Phi) is 2.53. The number of nitrogens with zero attached hydrogens (tertiary/aromatic N) is 3. The van der Waals surface area contributed by atoms with E-state index in [0.29, 0.717) is 23.6 Å². The van der Waals surface area contributed by atoms with Crippen LogP contribution in [0.4, 0.5) is 0 Å². The SMILES string of the molecule is Cc1csc2ncn(Cc3cc(C4CC4)no3)c(=O)c12. The van der Waals surface area contributed by atoms with Crippen molar-refractivity contribution in [1.82, 2.24) is 14.7 Å². The molecule has 0 saturated heterocycles. The van der Waals surface area contributed by atoms with E-state index in [0.717, 1.165) is 16.1 Å². The molecule has 0 aromatic carbocycles. The molecule has 3 aromatic heterocycles. The molecule has 1 aliphatic rings. The van der Waals surface area contributed by atoms with Gasteiger partial charge in [0.1, 0.15) is 4.83 Å². The van der Waals surface area contributed by atoms with Crippen LogP contribution in [0.1, 0.15) is 35.8 Å². The van der Waals surface area contributed by atoms with Crippen molar-refractivity contribution in [2.24, 2.45) is 0 Å². The first-order chi connectivity index (χ1) is 9.72. The quantitative estimate of drug-likeness (QED) is 0.743. The molecule has 102 valence electrons. The van der Waals surface area contributed by atoms with Crippen molar-refractivity contribution in [2.75, 3.05) is 0 Å². The Morgan fingerprint density at radius 3 is 3.15 bits per heavy atom. The molecule has 4 rings (SSSR count). The molecule has 3 aromatic rings. The van der Waals surface area contributed by atoms with Crippen LogP contribution in [0, 0.1) is 6.92 Å². The van der Waals surface area contributed by atoms with E-state index in [1.807, 2.05) is 18.4 Å². The van der Waals surface area contributed by atoms with Gasteiger partial charge in [-0.2, -0.15) is 0 Å². The van der Waals surface area contributed by atoms with Crippen LogP contribution in [0.15, 0.2) is 27.1 Å². The first-order valence-electron chi connectivity index (χ1n) is 6.61. The number of aromatic nitrogens is 3. The summed E-state index contributed by atoms with van der Waals surface area (Å²) in [6.45, 7) is 2.32. The summed E-state index contributed by atoms with van der Waals surface area (Å²) in [4.78, 5) is 17.6. The Hall–Kier alpha value is -1.95. The maximum Gasteiger partial charge on any atom is 0.262 e. The number of rotatable bonds is 3. The highest BCUT2D eigenvalue weighted by molar-refractivity contribution is 7.16. The van der Waals surface area contributed by atoms with Crippen LogP contribution in [0.25, 0.3) is 10.2 Å². The van der Waals surface area contributed by atoms with Gasteiger partial charge in [-0.3, -0.25) is 9.36 Å². The zero-order chi connectivity index (χ0) is 13.7. The fourth-order valence-corrected chi connectivity index (χ4v) is 3.24. The fourth-order valence-electron chi connectivity index (χ4n) is 2.36. The van der Waals surface area contributed by atoms with Gasteiger partial charge in [-0.1, -0.05) is 5.16 Å². The highest BCUT2D eigenvalue weighted by Gasteiger charge is 2.27. The van der Waals surface area contributed by atoms with Gasteiger partial charge in [0, 0.05) is 12.0 Å². The molecule has 6 heteroatoms. The van der Waals surface area contributed by atoms with Crippen LogP contribution in [0.5, 0.6) is 0 Å². The van der Waals surface area contributed by atoms with Crippen molar-refractivity contribution in [3.05, 3.63) is 45.1 Å². The molecule has 1 fully saturated rings. The number of fused-ring (bicyclic) bond motifs is 1. The molecule has 1 aliphatic carbocycles. The van der Waals surface area contributed by atoms with Gasteiger partial charge in [-0.15, -0.1) is 11.3 Å². The standard InChI is InChI=1S/C14H13N3O2S/c1-8-6-20-13-12(8)14(18)17(7-15-13)5-10-4-11(16-19-10)9-2-3-9/h4,6-7,9H,2-3,5H2,1H3. The van der Waals surface area contributed by atoms with E-state index in [9.17, 15) is 4.79 Å². The third-order valence-corrected chi connectivity index (χ3v) is 4.65. The van der Waals surface area contributed by atoms with Crippen LogP contribution < -0.4 is 5.56 Å². The Morgan fingerprint density at radius 2 is 2.35 bits per heavy atom. The van der Waals surface area contributed by atoms with Gasteiger partial charge in [-0.05, 0) is 30.7 Å². The molecule has 0 N–H and O–H groups in total.